The molecule has 30 heavy (non-hydrogen) atoms. The number of rotatable bonds is 8. The Hall–Kier alpha value is -3.22. The highest BCUT2D eigenvalue weighted by Gasteiger charge is 2.25. The van der Waals surface area contributed by atoms with E-state index < -0.39 is 0 Å². The van der Waals surface area contributed by atoms with Crippen molar-refractivity contribution in [1.29, 1.82) is 0 Å². The number of nitrogens with one attached hydrogen (secondary N) is 3. The second-order valence-corrected chi connectivity index (χ2v) is 7.22. The van der Waals surface area contributed by atoms with Gasteiger partial charge in [0.05, 0.1) is 12.8 Å². The van der Waals surface area contributed by atoms with Crippen molar-refractivity contribution < 1.29 is 9.53 Å². The maximum atomic E-state index is 12.0. The van der Waals surface area contributed by atoms with Crippen LogP contribution >= 0.6 is 0 Å². The number of aliphatic imine (C=N–C) groups is 1. The first-order valence-electron chi connectivity index (χ1n) is 10.4. The molecule has 1 unspecified atom stereocenters. The van der Waals surface area contributed by atoms with Gasteiger partial charge in [0.25, 0.3) is 5.91 Å². The van der Waals surface area contributed by atoms with E-state index >= 15 is 0 Å². The molecule has 1 aliphatic heterocycles. The van der Waals surface area contributed by atoms with Crippen molar-refractivity contribution in [1.82, 2.24) is 16.0 Å². The molecule has 3 rings (SSSR count). The summed E-state index contributed by atoms with van der Waals surface area (Å²) < 4.78 is 5.49. The summed E-state index contributed by atoms with van der Waals surface area (Å²) in [6.45, 7) is 3.22. The molecule has 0 spiro atoms. The van der Waals surface area contributed by atoms with Crippen LogP contribution in [0, 0.1) is 0 Å². The van der Waals surface area contributed by atoms with Crippen molar-refractivity contribution >= 4 is 17.6 Å². The lowest BCUT2D eigenvalue weighted by Crippen LogP contribution is -2.45. The largest absolute Gasteiger partial charge is 0.495 e. The van der Waals surface area contributed by atoms with E-state index in [2.05, 4.69) is 31.9 Å². The van der Waals surface area contributed by atoms with Gasteiger partial charge in [0.1, 0.15) is 5.75 Å². The zero-order chi connectivity index (χ0) is 21.2. The van der Waals surface area contributed by atoms with Gasteiger partial charge in [-0.1, -0.05) is 30.3 Å². The van der Waals surface area contributed by atoms with E-state index in [9.17, 15) is 4.79 Å². The fourth-order valence-electron chi connectivity index (χ4n) is 3.56. The number of amides is 1. The third-order valence-corrected chi connectivity index (χ3v) is 5.15. The van der Waals surface area contributed by atoms with Crippen molar-refractivity contribution in [3.63, 3.8) is 0 Å². The van der Waals surface area contributed by atoms with E-state index in [1.165, 1.54) is 0 Å². The highest BCUT2D eigenvalue weighted by molar-refractivity contribution is 5.94. The van der Waals surface area contributed by atoms with Crippen LogP contribution < -0.4 is 25.6 Å². The normalized spacial score (nSPS) is 16.3. The summed E-state index contributed by atoms with van der Waals surface area (Å²) in [7, 11) is 3.48. The average molecular weight is 410 g/mol. The number of carbonyl (C=O) groups excluding carboxylic acids is 1. The summed E-state index contributed by atoms with van der Waals surface area (Å²) in [4.78, 5) is 18.7. The zero-order valence-electron chi connectivity index (χ0n) is 17.7. The van der Waals surface area contributed by atoms with E-state index in [1.807, 2.05) is 48.5 Å². The van der Waals surface area contributed by atoms with Gasteiger partial charge >= 0.3 is 0 Å². The van der Waals surface area contributed by atoms with E-state index in [4.69, 9.17) is 4.74 Å². The van der Waals surface area contributed by atoms with Crippen molar-refractivity contribution in [2.24, 2.45) is 4.99 Å². The minimum absolute atomic E-state index is 0.0412. The molecule has 1 fully saturated rings. The van der Waals surface area contributed by atoms with Crippen LogP contribution in [0.2, 0.25) is 0 Å². The number of ether oxygens (including phenoxy) is 1. The maximum absolute atomic E-state index is 12.0. The Balaban J connectivity index is 1.37. The molecule has 7 heteroatoms. The second kappa shape index (κ2) is 11.1. The lowest BCUT2D eigenvalue weighted by Gasteiger charge is -2.22. The Morgan fingerprint density at radius 2 is 1.83 bits per heavy atom. The molecule has 0 aromatic heterocycles. The summed E-state index contributed by atoms with van der Waals surface area (Å²) in [5.41, 5.74) is 1.81. The Bertz CT molecular complexity index is 840. The number of hydrogen-bond donors (Lipinski definition) is 3. The number of carbonyl (C=O) groups is 1. The standard InChI is InChI=1S/C23H31N5O2/c1-24-23(26-15-8-14-25-22(29)18-9-4-3-5-10-18)27-19-13-16-28(17-19)20-11-6-7-12-21(20)30-2/h3-7,9-12,19H,8,13-17H2,1-2H3,(H,25,29)(H2,24,26,27). The van der Waals surface area contributed by atoms with Crippen molar-refractivity contribution in [2.75, 3.05) is 45.2 Å². The third-order valence-electron chi connectivity index (χ3n) is 5.15. The van der Waals surface area contributed by atoms with Crippen molar-refractivity contribution in [2.45, 2.75) is 18.9 Å². The van der Waals surface area contributed by atoms with Crippen LogP contribution in [0.4, 0.5) is 5.69 Å². The van der Waals surface area contributed by atoms with E-state index in [-0.39, 0.29) is 5.91 Å². The van der Waals surface area contributed by atoms with Crippen LogP contribution in [0.1, 0.15) is 23.2 Å². The second-order valence-electron chi connectivity index (χ2n) is 7.22. The van der Waals surface area contributed by atoms with Crippen LogP contribution in [0.25, 0.3) is 0 Å². The zero-order valence-corrected chi connectivity index (χ0v) is 17.7. The first-order chi connectivity index (χ1) is 14.7. The van der Waals surface area contributed by atoms with Gasteiger partial charge in [-0.25, -0.2) is 0 Å². The van der Waals surface area contributed by atoms with Crippen LogP contribution in [0.5, 0.6) is 5.75 Å². The van der Waals surface area contributed by atoms with Gasteiger partial charge in [-0.2, -0.15) is 0 Å². The highest BCUT2D eigenvalue weighted by atomic mass is 16.5. The Morgan fingerprint density at radius 1 is 1.10 bits per heavy atom. The number of hydrogen-bond acceptors (Lipinski definition) is 4. The summed E-state index contributed by atoms with van der Waals surface area (Å²) in [6, 6.07) is 17.7. The third kappa shape index (κ3) is 5.89. The van der Waals surface area contributed by atoms with Crippen LogP contribution in [-0.2, 0) is 0 Å². The van der Waals surface area contributed by atoms with Crippen molar-refractivity contribution in [3.05, 3.63) is 60.2 Å². The molecule has 3 N–H and O–H groups in total. The Labute approximate surface area is 178 Å². The SMILES string of the molecule is CN=C(NCCCNC(=O)c1ccccc1)NC1CCN(c2ccccc2OC)C1. The Kier molecular flexibility index (Phi) is 7.94. The van der Waals surface area contributed by atoms with E-state index in [1.54, 1.807) is 14.2 Å². The molecule has 160 valence electrons. The van der Waals surface area contributed by atoms with Gasteiger partial charge in [0, 0.05) is 44.8 Å². The monoisotopic (exact) mass is 409 g/mol. The maximum Gasteiger partial charge on any atom is 0.251 e. The van der Waals surface area contributed by atoms with E-state index in [0.29, 0.717) is 18.2 Å². The number of guanidine groups is 1. The lowest BCUT2D eigenvalue weighted by atomic mass is 10.2. The fourth-order valence-corrected chi connectivity index (χ4v) is 3.56. The molecule has 0 radical (unpaired) electrons. The minimum atomic E-state index is -0.0412. The highest BCUT2D eigenvalue weighted by Crippen LogP contribution is 2.30. The summed E-state index contributed by atoms with van der Waals surface area (Å²) in [6.07, 6.45) is 1.85. The van der Waals surface area contributed by atoms with Gasteiger partial charge in [-0.05, 0) is 37.1 Å². The topological polar surface area (TPSA) is 78.0 Å². The number of benzene rings is 2. The predicted molar refractivity (Wildman–Crippen MR) is 122 cm³/mol. The molecule has 2 aromatic rings. The Morgan fingerprint density at radius 3 is 2.60 bits per heavy atom. The number of para-hydroxylation sites is 2. The molecule has 1 saturated heterocycles. The van der Waals surface area contributed by atoms with Gasteiger partial charge in [-0.15, -0.1) is 0 Å². The first-order valence-corrected chi connectivity index (χ1v) is 10.4. The first kappa shape index (κ1) is 21.5. The fraction of sp³-hybridized carbons (Fsp3) is 0.391. The van der Waals surface area contributed by atoms with Crippen LogP contribution in [-0.4, -0.2) is 58.2 Å². The molecular weight excluding hydrogens is 378 g/mol. The summed E-state index contributed by atoms with van der Waals surface area (Å²) in [5, 5.41) is 9.77. The van der Waals surface area contributed by atoms with Crippen LogP contribution in [0.15, 0.2) is 59.6 Å². The van der Waals surface area contributed by atoms with E-state index in [0.717, 1.165) is 49.9 Å². The molecule has 7 nitrogen and oxygen atoms in total. The average Bonchev–Trinajstić information content (AvgIpc) is 3.26. The summed E-state index contributed by atoms with van der Waals surface area (Å²) >= 11 is 0. The molecule has 1 aliphatic rings. The van der Waals surface area contributed by atoms with Gasteiger partial charge in [-0.3, -0.25) is 9.79 Å². The van der Waals surface area contributed by atoms with Crippen LogP contribution in [0.3, 0.4) is 0 Å². The number of nitrogens with zero attached hydrogens (tertiary/aromatic N) is 2. The molecule has 1 heterocycles. The van der Waals surface area contributed by atoms with Gasteiger partial charge < -0.3 is 25.6 Å². The van der Waals surface area contributed by atoms with Gasteiger partial charge in [0.2, 0.25) is 0 Å². The smallest absolute Gasteiger partial charge is 0.251 e. The van der Waals surface area contributed by atoms with Crippen molar-refractivity contribution in [3.8, 4) is 5.75 Å². The molecule has 1 amide bonds. The molecule has 0 saturated carbocycles. The quantitative estimate of drug-likeness (QED) is 0.354. The lowest BCUT2D eigenvalue weighted by molar-refractivity contribution is 0.0953. The molecule has 2 aromatic carbocycles. The summed E-state index contributed by atoms with van der Waals surface area (Å²) in [5.74, 6) is 1.65. The molecular formula is C23H31N5O2. The molecule has 1 atom stereocenters. The minimum Gasteiger partial charge on any atom is -0.495 e. The van der Waals surface area contributed by atoms with Gasteiger partial charge in [0.15, 0.2) is 5.96 Å². The molecule has 0 bridgehead atoms. The predicted octanol–water partition coefficient (Wildman–Crippen LogP) is 2.26. The number of methoxy groups -OCH3 is 1. The molecule has 0 aliphatic carbocycles. The number of anilines is 1.